The molecule has 0 N–H and O–H groups in total. The van der Waals surface area contributed by atoms with Gasteiger partial charge in [0.2, 0.25) is 0 Å². The van der Waals surface area contributed by atoms with E-state index in [1.165, 1.54) is 157 Å². The second kappa shape index (κ2) is 33.8. The molecule has 0 amide bonds. The summed E-state index contributed by atoms with van der Waals surface area (Å²) in [7, 11) is 0. The Kier molecular flexibility index (Phi) is 19.7. The maximum Gasteiger partial charge on any atom is 0.143 e. The molecule has 662 valence electrons. The normalized spacial score (nSPS) is 13.3. The van der Waals surface area contributed by atoms with Crippen molar-refractivity contribution in [3.05, 3.63) is 503 Å². The van der Waals surface area contributed by atoms with E-state index in [1.807, 2.05) is 46.6 Å². The standard InChI is InChI=1S/C44H27NOS.C44H29NOS.C44H27NOS/c1-3-12-28(13-4-1)33-18-9-20-36-40-32(17-11-23-39(40)46-42(33)36)29-24-26-30(27-25-29)34-19-10-21-37-41-44(47-43(34)37)35-16-7-8-22-38(35)45(41)31-14-5-2-6-15-31;1-3-11-29(12-4-1)33-16-9-18-35-36-19-10-17-34(43(36)46-42(33)35)30-23-21-28(22-24-30)31-25-26-38-40(27-31)47-44-37-15-7-8-20-39(37)45(41(38)44)32-13-5-2-6-14-32;1-3-9-28(10-4-1)31-19-22-35-36-23-20-32(26-41(36)46-40(35)25-31)29-15-17-30(18-16-29)33-21-24-38-42(27-33)47-44-37-13-7-8-14-39(37)45(43(38)44)34-11-5-2-6-12-34/h1-27H;1-27,41,44H;1-27H. The Bertz CT molecular complexity index is 9760. The molecule has 0 saturated heterocycles. The van der Waals surface area contributed by atoms with Gasteiger partial charge in [-0.2, -0.15) is 0 Å². The zero-order valence-electron chi connectivity index (χ0n) is 76.2. The summed E-state index contributed by atoms with van der Waals surface area (Å²) in [6.07, 6.45) is 0. The van der Waals surface area contributed by atoms with Gasteiger partial charge in [0.1, 0.15) is 33.5 Å². The average Bonchev–Trinajstić information content (AvgIpc) is 1.56. The average molecular weight is 1860 g/mol. The van der Waals surface area contributed by atoms with Crippen LogP contribution < -0.4 is 4.90 Å². The number of thioether (sulfide) groups is 1. The topological polar surface area (TPSA) is 52.5 Å². The number of hydrogen-bond acceptors (Lipinski definition) is 7. The number of hydrogen-bond donors (Lipinski definition) is 0. The molecule has 141 heavy (non-hydrogen) atoms. The minimum atomic E-state index is 0.290. The number of furan rings is 3. The second-order valence-electron chi connectivity index (χ2n) is 36.6. The van der Waals surface area contributed by atoms with Gasteiger partial charge in [-0.3, -0.25) is 0 Å². The number of benzene rings is 21. The van der Waals surface area contributed by atoms with Crippen molar-refractivity contribution in [2.45, 2.75) is 16.2 Å². The molecule has 6 nitrogen and oxygen atoms in total. The molecule has 2 atom stereocenters. The maximum absolute atomic E-state index is 6.68. The van der Waals surface area contributed by atoms with Crippen LogP contribution in [-0.4, -0.2) is 9.13 Å². The van der Waals surface area contributed by atoms with E-state index in [0.29, 0.717) is 5.25 Å². The summed E-state index contributed by atoms with van der Waals surface area (Å²) < 4.78 is 29.7. The molecule has 0 saturated carbocycles. The Morgan fingerprint density at radius 2 is 0.596 bits per heavy atom. The van der Waals surface area contributed by atoms with Crippen LogP contribution in [0.2, 0.25) is 0 Å². The lowest BCUT2D eigenvalue weighted by molar-refractivity contribution is 0.669. The molecular weight excluding hydrogens is 1770 g/mol. The van der Waals surface area contributed by atoms with Gasteiger partial charge in [-0.05, 0) is 192 Å². The molecule has 2 aliphatic heterocycles. The fourth-order valence-corrected chi connectivity index (χ4v) is 26.2. The van der Waals surface area contributed by atoms with E-state index >= 15 is 0 Å². The Balaban J connectivity index is 0.000000104. The summed E-state index contributed by atoms with van der Waals surface area (Å²) in [4.78, 5) is 3.91. The van der Waals surface area contributed by atoms with Crippen molar-refractivity contribution < 1.29 is 13.3 Å². The van der Waals surface area contributed by atoms with Crippen molar-refractivity contribution in [2.75, 3.05) is 4.90 Å². The maximum atomic E-state index is 6.68. The Hall–Kier alpha value is -17.3. The van der Waals surface area contributed by atoms with E-state index in [0.717, 1.165) is 110 Å². The molecule has 2 aliphatic rings. The summed E-state index contributed by atoms with van der Waals surface area (Å²) in [5.41, 5.74) is 39.6. The molecule has 0 bridgehead atoms. The molecule has 7 aromatic heterocycles. The van der Waals surface area contributed by atoms with Crippen LogP contribution in [-0.2, 0) is 0 Å². The second-order valence-corrected chi connectivity index (χ2v) is 39.9. The fourth-order valence-electron chi connectivity index (χ4n) is 22.1. The van der Waals surface area contributed by atoms with Gasteiger partial charge in [-0.1, -0.05) is 394 Å². The van der Waals surface area contributed by atoms with E-state index in [-0.39, 0.29) is 6.04 Å². The highest BCUT2D eigenvalue weighted by Gasteiger charge is 2.46. The molecule has 30 rings (SSSR count). The van der Waals surface area contributed by atoms with E-state index in [4.69, 9.17) is 13.3 Å². The van der Waals surface area contributed by atoms with Crippen LogP contribution in [0.15, 0.2) is 510 Å². The van der Waals surface area contributed by atoms with Gasteiger partial charge in [0.15, 0.2) is 0 Å². The number of fused-ring (bicyclic) bond motifs is 24. The van der Waals surface area contributed by atoms with Crippen molar-refractivity contribution in [3.63, 3.8) is 0 Å². The molecule has 9 heterocycles. The van der Waals surface area contributed by atoms with E-state index in [1.54, 1.807) is 0 Å². The minimum absolute atomic E-state index is 0.290. The number of anilines is 2. The van der Waals surface area contributed by atoms with E-state index in [9.17, 15) is 0 Å². The Morgan fingerprint density at radius 3 is 1.16 bits per heavy atom. The van der Waals surface area contributed by atoms with Crippen LogP contribution >= 0.6 is 34.4 Å². The van der Waals surface area contributed by atoms with Crippen molar-refractivity contribution in [3.8, 4) is 112 Å². The monoisotopic (exact) mass is 1850 g/mol. The number of thiophene rings is 2. The molecule has 2 unspecified atom stereocenters. The van der Waals surface area contributed by atoms with Crippen molar-refractivity contribution in [2.24, 2.45) is 0 Å². The lowest BCUT2D eigenvalue weighted by Gasteiger charge is -2.27. The van der Waals surface area contributed by atoms with Gasteiger partial charge in [0.25, 0.3) is 0 Å². The number of para-hydroxylation sites is 9. The summed E-state index contributed by atoms with van der Waals surface area (Å²) in [6, 6.07) is 177. The van der Waals surface area contributed by atoms with Crippen molar-refractivity contribution >= 4 is 174 Å². The van der Waals surface area contributed by atoms with Crippen LogP contribution in [0.3, 0.4) is 0 Å². The fraction of sp³-hybridized carbons (Fsp3) is 0.0152. The number of aromatic nitrogens is 2. The lowest BCUT2D eigenvalue weighted by atomic mass is 9.95. The molecule has 0 spiro atoms. The molecule has 28 aromatic rings. The van der Waals surface area contributed by atoms with Gasteiger partial charge in [0.05, 0.1) is 42.8 Å². The van der Waals surface area contributed by atoms with E-state index < -0.39 is 0 Å². The summed E-state index contributed by atoms with van der Waals surface area (Å²) in [5.74, 6) is 0. The third-order valence-electron chi connectivity index (χ3n) is 28.7. The van der Waals surface area contributed by atoms with Crippen molar-refractivity contribution in [1.29, 1.82) is 0 Å². The third-order valence-corrected chi connectivity index (χ3v) is 32.5. The first-order chi connectivity index (χ1) is 69.9. The quantitative estimate of drug-likeness (QED) is 0.122. The van der Waals surface area contributed by atoms with Gasteiger partial charge >= 0.3 is 0 Å². The van der Waals surface area contributed by atoms with Crippen molar-refractivity contribution in [1.82, 2.24) is 9.13 Å². The largest absolute Gasteiger partial charge is 0.456 e. The summed E-state index contributed by atoms with van der Waals surface area (Å²) >= 11 is 5.79. The number of rotatable bonds is 12. The van der Waals surface area contributed by atoms with Gasteiger partial charge < -0.3 is 27.3 Å². The Labute approximate surface area is 825 Å². The first kappa shape index (κ1) is 82.0. The van der Waals surface area contributed by atoms with Crippen LogP contribution in [0, 0.1) is 0 Å². The van der Waals surface area contributed by atoms with Crippen LogP contribution in [0.25, 0.3) is 240 Å². The van der Waals surface area contributed by atoms with Crippen LogP contribution in [0.1, 0.15) is 22.4 Å². The minimum Gasteiger partial charge on any atom is -0.456 e. The molecular formula is C132H83N3O3S3. The van der Waals surface area contributed by atoms with Crippen LogP contribution in [0.4, 0.5) is 11.4 Å². The Morgan fingerprint density at radius 1 is 0.213 bits per heavy atom. The summed E-state index contributed by atoms with van der Waals surface area (Å²) in [6.45, 7) is 0. The van der Waals surface area contributed by atoms with E-state index in [2.05, 4.69) is 493 Å². The SMILES string of the molecule is c1ccc(-c2ccc3c(c2)oc2cc(-c4ccc(-c5ccc6c(c5)sc5c7ccccc7n(-c7ccccc7)c65)cc4)ccc23)cc1.c1ccc(-c2cccc3c2oc2c(-c4ccc(-c5ccc6c(c5)SC5c7ccccc7N(c7ccccc7)C65)cc4)cccc23)cc1.c1ccc(-c2cccc3c2oc2cccc(-c4ccc(-c5cccc6c5sc5c7ccccc7n(-c7ccccc7)c65)cc4)c23)cc1. The smallest absolute Gasteiger partial charge is 0.143 e. The zero-order valence-corrected chi connectivity index (χ0v) is 78.7. The predicted molar refractivity (Wildman–Crippen MR) is 596 cm³/mol. The first-order valence-corrected chi connectivity index (χ1v) is 50.5. The molecule has 0 fully saturated rings. The number of nitrogens with zero attached hydrogens (tertiary/aromatic N) is 3. The highest BCUT2D eigenvalue weighted by Crippen LogP contribution is 2.65. The van der Waals surface area contributed by atoms with Crippen LogP contribution in [0.5, 0.6) is 0 Å². The zero-order chi connectivity index (χ0) is 92.7. The lowest BCUT2D eigenvalue weighted by Crippen LogP contribution is -2.19. The molecule has 21 aromatic carbocycles. The first-order valence-electron chi connectivity index (χ1n) is 48.0. The molecule has 9 heteroatoms. The van der Waals surface area contributed by atoms with Gasteiger partial charge in [-0.15, -0.1) is 34.4 Å². The summed E-state index contributed by atoms with van der Waals surface area (Å²) in [5, 5.41) is 12.4. The third kappa shape index (κ3) is 13.8. The predicted octanol–water partition coefficient (Wildman–Crippen LogP) is 38.4. The van der Waals surface area contributed by atoms with Gasteiger partial charge in [-0.25, -0.2) is 0 Å². The molecule has 0 radical (unpaired) electrons. The highest BCUT2D eigenvalue weighted by atomic mass is 32.2. The highest BCUT2D eigenvalue weighted by molar-refractivity contribution is 8.00. The van der Waals surface area contributed by atoms with Gasteiger partial charge in [0, 0.05) is 108 Å². The molecule has 0 aliphatic carbocycles.